The maximum atomic E-state index is 12.0. The van der Waals surface area contributed by atoms with Crippen LogP contribution in [0.15, 0.2) is 12.3 Å². The van der Waals surface area contributed by atoms with Crippen LogP contribution in [0.5, 0.6) is 0 Å². The predicted octanol–water partition coefficient (Wildman–Crippen LogP) is 2.23. The van der Waals surface area contributed by atoms with E-state index in [0.717, 1.165) is 12.8 Å². The number of hydrogen-bond acceptors (Lipinski definition) is 6. The normalized spacial score (nSPS) is 17.3. The molecule has 0 bridgehead atoms. The minimum Gasteiger partial charge on any atom is -0.444 e. The fraction of sp³-hybridized carbons (Fsp3) is 0.625. The number of alkyl carbamates (subject to hydrolysis) is 1. The van der Waals surface area contributed by atoms with Crippen LogP contribution >= 0.6 is 0 Å². The zero-order chi connectivity index (χ0) is 17.1. The van der Waals surface area contributed by atoms with Gasteiger partial charge in [-0.25, -0.2) is 14.8 Å². The Kier molecular flexibility index (Phi) is 4.73. The lowest BCUT2D eigenvalue weighted by Gasteiger charge is -2.40. The third-order valence-corrected chi connectivity index (χ3v) is 3.71. The molecule has 1 aliphatic heterocycles. The second-order valence-electron chi connectivity index (χ2n) is 7.03. The van der Waals surface area contributed by atoms with E-state index in [4.69, 9.17) is 10.00 Å². The van der Waals surface area contributed by atoms with E-state index in [0.29, 0.717) is 24.7 Å². The molecule has 0 saturated carbocycles. The highest BCUT2D eigenvalue weighted by atomic mass is 16.6. The Morgan fingerprint density at radius 1 is 1.43 bits per heavy atom. The van der Waals surface area contributed by atoms with E-state index in [2.05, 4.69) is 15.3 Å². The molecule has 23 heavy (non-hydrogen) atoms. The van der Waals surface area contributed by atoms with Gasteiger partial charge in [-0.1, -0.05) is 0 Å². The van der Waals surface area contributed by atoms with E-state index in [1.807, 2.05) is 38.7 Å². The molecule has 2 rings (SSSR count). The standard InChI is InChI=1S/C16H23N5O2/c1-15(2,3)23-14(22)20-16(4)6-9-21(10-7-16)13-18-8-5-12(11-17)19-13/h5,8H,6-7,9-10H2,1-4H3,(H,20,22). The second-order valence-corrected chi connectivity index (χ2v) is 7.03. The summed E-state index contributed by atoms with van der Waals surface area (Å²) < 4.78 is 5.32. The Bertz CT molecular complexity index is 610. The van der Waals surface area contributed by atoms with Gasteiger partial charge in [-0.05, 0) is 46.6 Å². The van der Waals surface area contributed by atoms with E-state index in [-0.39, 0.29) is 5.54 Å². The van der Waals surface area contributed by atoms with Crippen molar-refractivity contribution in [1.29, 1.82) is 5.26 Å². The van der Waals surface area contributed by atoms with Crippen LogP contribution in [0.25, 0.3) is 0 Å². The lowest BCUT2D eigenvalue weighted by molar-refractivity contribution is 0.0448. The van der Waals surface area contributed by atoms with Gasteiger partial charge in [0.25, 0.3) is 0 Å². The first-order valence-electron chi connectivity index (χ1n) is 7.70. The van der Waals surface area contributed by atoms with Crippen molar-refractivity contribution in [2.75, 3.05) is 18.0 Å². The molecule has 0 atom stereocenters. The summed E-state index contributed by atoms with van der Waals surface area (Å²) in [5, 5.41) is 11.9. The number of amides is 1. The fourth-order valence-corrected chi connectivity index (χ4v) is 2.44. The lowest BCUT2D eigenvalue weighted by Crippen LogP contribution is -2.54. The van der Waals surface area contributed by atoms with E-state index in [1.54, 1.807) is 12.3 Å². The van der Waals surface area contributed by atoms with E-state index < -0.39 is 11.7 Å². The summed E-state index contributed by atoms with van der Waals surface area (Å²) in [6.45, 7) is 8.97. The largest absolute Gasteiger partial charge is 0.444 e. The molecule has 0 unspecified atom stereocenters. The molecule has 124 valence electrons. The first-order valence-corrected chi connectivity index (χ1v) is 7.70. The quantitative estimate of drug-likeness (QED) is 0.899. The monoisotopic (exact) mass is 317 g/mol. The summed E-state index contributed by atoms with van der Waals surface area (Å²) in [7, 11) is 0. The number of hydrogen-bond donors (Lipinski definition) is 1. The molecule has 1 saturated heterocycles. The third kappa shape index (κ3) is 4.81. The highest BCUT2D eigenvalue weighted by Crippen LogP contribution is 2.24. The first kappa shape index (κ1) is 17.0. The van der Waals surface area contributed by atoms with Crippen molar-refractivity contribution in [2.24, 2.45) is 0 Å². The summed E-state index contributed by atoms with van der Waals surface area (Å²) in [6.07, 6.45) is 2.71. The number of carbonyl (C=O) groups is 1. The molecule has 1 aromatic rings. The van der Waals surface area contributed by atoms with Crippen molar-refractivity contribution in [3.63, 3.8) is 0 Å². The Balaban J connectivity index is 1.94. The fourth-order valence-electron chi connectivity index (χ4n) is 2.44. The van der Waals surface area contributed by atoms with Crippen molar-refractivity contribution >= 4 is 12.0 Å². The van der Waals surface area contributed by atoms with Crippen LogP contribution in [0.2, 0.25) is 0 Å². The highest BCUT2D eigenvalue weighted by molar-refractivity contribution is 5.68. The SMILES string of the molecule is CC1(NC(=O)OC(C)(C)C)CCN(c2nccc(C#N)n2)CC1. The van der Waals surface area contributed by atoms with Gasteiger partial charge in [0.15, 0.2) is 0 Å². The van der Waals surface area contributed by atoms with Gasteiger partial charge in [-0.2, -0.15) is 5.26 Å². The topological polar surface area (TPSA) is 91.1 Å². The van der Waals surface area contributed by atoms with E-state index in [1.165, 1.54) is 0 Å². The van der Waals surface area contributed by atoms with Crippen molar-refractivity contribution in [3.8, 4) is 6.07 Å². The molecule has 1 aliphatic rings. The van der Waals surface area contributed by atoms with Crippen molar-refractivity contribution in [3.05, 3.63) is 18.0 Å². The molecule has 7 nitrogen and oxygen atoms in total. The Morgan fingerprint density at radius 2 is 2.09 bits per heavy atom. The zero-order valence-electron chi connectivity index (χ0n) is 14.1. The number of anilines is 1. The molecule has 1 aromatic heterocycles. The molecule has 2 heterocycles. The van der Waals surface area contributed by atoms with E-state index >= 15 is 0 Å². The Morgan fingerprint density at radius 3 is 2.65 bits per heavy atom. The van der Waals surface area contributed by atoms with Crippen molar-refractivity contribution < 1.29 is 9.53 Å². The van der Waals surface area contributed by atoms with Gasteiger partial charge in [0.1, 0.15) is 17.4 Å². The molecule has 7 heteroatoms. The summed E-state index contributed by atoms with van der Waals surface area (Å²) in [6, 6.07) is 3.60. The summed E-state index contributed by atoms with van der Waals surface area (Å²) in [5.41, 5.74) is -0.464. The van der Waals surface area contributed by atoms with Gasteiger partial charge in [-0.3, -0.25) is 0 Å². The minimum absolute atomic E-state index is 0.314. The summed E-state index contributed by atoms with van der Waals surface area (Å²) in [5.74, 6) is 0.559. The van der Waals surface area contributed by atoms with Crippen LogP contribution in [0.4, 0.5) is 10.7 Å². The number of piperidine rings is 1. The number of nitriles is 1. The Labute approximate surface area is 136 Å². The molecule has 0 radical (unpaired) electrons. The van der Waals surface area contributed by atoms with Gasteiger partial charge in [0, 0.05) is 24.8 Å². The van der Waals surface area contributed by atoms with Gasteiger partial charge >= 0.3 is 6.09 Å². The molecular weight excluding hydrogens is 294 g/mol. The second kappa shape index (κ2) is 6.41. The van der Waals surface area contributed by atoms with Gasteiger partial charge in [-0.15, -0.1) is 0 Å². The van der Waals surface area contributed by atoms with Crippen LogP contribution in [0.1, 0.15) is 46.2 Å². The van der Waals surface area contributed by atoms with Gasteiger partial charge in [0.05, 0.1) is 0 Å². The minimum atomic E-state index is -0.507. The number of aromatic nitrogens is 2. The van der Waals surface area contributed by atoms with Crippen LogP contribution in [0.3, 0.4) is 0 Å². The highest BCUT2D eigenvalue weighted by Gasteiger charge is 2.33. The molecule has 1 fully saturated rings. The summed E-state index contributed by atoms with van der Waals surface area (Å²) >= 11 is 0. The van der Waals surface area contributed by atoms with Gasteiger partial charge in [0.2, 0.25) is 5.95 Å². The van der Waals surface area contributed by atoms with Gasteiger partial charge < -0.3 is 15.0 Å². The maximum Gasteiger partial charge on any atom is 0.408 e. The average molecular weight is 317 g/mol. The Hall–Kier alpha value is -2.36. The molecule has 0 aliphatic carbocycles. The van der Waals surface area contributed by atoms with Crippen molar-refractivity contribution in [1.82, 2.24) is 15.3 Å². The maximum absolute atomic E-state index is 12.0. The van der Waals surface area contributed by atoms with Crippen LogP contribution in [-0.2, 0) is 4.74 Å². The lowest BCUT2D eigenvalue weighted by atomic mass is 9.90. The molecule has 1 N–H and O–H groups in total. The number of ether oxygens (including phenoxy) is 1. The molecule has 0 aromatic carbocycles. The van der Waals surface area contributed by atoms with Crippen LogP contribution in [0, 0.1) is 11.3 Å². The number of rotatable bonds is 2. The zero-order valence-corrected chi connectivity index (χ0v) is 14.1. The number of nitrogens with one attached hydrogen (secondary N) is 1. The predicted molar refractivity (Wildman–Crippen MR) is 86.0 cm³/mol. The van der Waals surface area contributed by atoms with Crippen LogP contribution in [-0.4, -0.2) is 40.3 Å². The molecule has 0 spiro atoms. The first-order chi connectivity index (χ1) is 10.7. The number of nitrogens with zero attached hydrogens (tertiary/aromatic N) is 4. The molecular formula is C16H23N5O2. The molecule has 1 amide bonds. The number of carbonyl (C=O) groups excluding carboxylic acids is 1. The smallest absolute Gasteiger partial charge is 0.408 e. The van der Waals surface area contributed by atoms with E-state index in [9.17, 15) is 4.79 Å². The van der Waals surface area contributed by atoms with Crippen molar-refractivity contribution in [2.45, 2.75) is 51.7 Å². The third-order valence-electron chi connectivity index (χ3n) is 3.71. The average Bonchev–Trinajstić information content (AvgIpc) is 2.45. The van der Waals surface area contributed by atoms with Crippen LogP contribution < -0.4 is 10.2 Å². The summed E-state index contributed by atoms with van der Waals surface area (Å²) in [4.78, 5) is 22.4.